The quantitative estimate of drug-likeness (QED) is 0.141. The Bertz CT molecular complexity index is 362. The summed E-state index contributed by atoms with van der Waals surface area (Å²) in [7, 11) is 0. The highest BCUT2D eigenvalue weighted by Crippen LogP contribution is 2.14. The Kier molecular flexibility index (Phi) is 17.9. The van der Waals surface area contributed by atoms with Gasteiger partial charge in [-0.1, -0.05) is 103 Å². The zero-order valence-electron chi connectivity index (χ0n) is 17.4. The van der Waals surface area contributed by atoms with E-state index in [1.54, 1.807) is 6.92 Å². The van der Waals surface area contributed by atoms with E-state index in [1.165, 1.54) is 83.5 Å². The van der Waals surface area contributed by atoms with Crippen LogP contribution in [0.3, 0.4) is 0 Å². The molecule has 0 amide bonds. The van der Waals surface area contributed by atoms with Crippen molar-refractivity contribution in [1.82, 2.24) is 0 Å². The first-order valence-electron chi connectivity index (χ1n) is 11.0. The molecule has 0 saturated carbocycles. The Labute approximate surface area is 162 Å². The number of ketones is 1. The van der Waals surface area contributed by atoms with Gasteiger partial charge in [0.1, 0.15) is 0 Å². The van der Waals surface area contributed by atoms with Crippen LogP contribution in [-0.4, -0.2) is 17.9 Å². The molecule has 1 atom stereocenters. The predicted octanol–water partition coefficient (Wildman–Crippen LogP) is 6.93. The SMILES string of the molecule is C=CC(=O)OC(C)C(=O)CCCCCCCCCCCCCCCCC. The Morgan fingerprint density at radius 1 is 0.769 bits per heavy atom. The van der Waals surface area contributed by atoms with Crippen molar-refractivity contribution in [2.45, 2.75) is 123 Å². The van der Waals surface area contributed by atoms with Gasteiger partial charge in [-0.2, -0.15) is 0 Å². The van der Waals surface area contributed by atoms with Crippen molar-refractivity contribution in [3.8, 4) is 0 Å². The van der Waals surface area contributed by atoms with Crippen LogP contribution < -0.4 is 0 Å². The molecule has 0 aliphatic carbocycles. The fraction of sp³-hybridized carbons (Fsp3) is 0.826. The zero-order valence-corrected chi connectivity index (χ0v) is 17.4. The number of carbonyl (C=O) groups excluding carboxylic acids is 2. The number of Topliss-reactive ketones (excluding diaryl/α,β-unsaturated/α-hetero) is 1. The van der Waals surface area contributed by atoms with Gasteiger partial charge in [-0.25, -0.2) is 4.79 Å². The van der Waals surface area contributed by atoms with E-state index in [9.17, 15) is 9.59 Å². The van der Waals surface area contributed by atoms with E-state index in [2.05, 4.69) is 13.5 Å². The van der Waals surface area contributed by atoms with Crippen LogP contribution in [0.5, 0.6) is 0 Å². The first kappa shape index (κ1) is 24.9. The average Bonchev–Trinajstić information content (AvgIpc) is 2.64. The van der Waals surface area contributed by atoms with E-state index in [0.717, 1.165) is 18.9 Å². The highest BCUT2D eigenvalue weighted by atomic mass is 16.5. The molecule has 26 heavy (non-hydrogen) atoms. The van der Waals surface area contributed by atoms with Gasteiger partial charge in [0.05, 0.1) is 0 Å². The molecule has 0 saturated heterocycles. The Balaban J connectivity index is 3.27. The normalized spacial score (nSPS) is 11.9. The Morgan fingerprint density at radius 3 is 1.54 bits per heavy atom. The van der Waals surface area contributed by atoms with Crippen LogP contribution in [0.4, 0.5) is 0 Å². The molecule has 1 unspecified atom stereocenters. The standard InChI is InChI=1S/C23H42O3/c1-4-6-7-8-9-10-11-12-13-14-15-16-17-18-19-20-22(24)21(3)26-23(25)5-2/h5,21H,2,4,6-20H2,1,3H3. The maximum atomic E-state index is 11.8. The van der Waals surface area contributed by atoms with Crippen LogP contribution in [-0.2, 0) is 14.3 Å². The van der Waals surface area contributed by atoms with Crippen molar-refractivity contribution in [2.75, 3.05) is 0 Å². The third-order valence-electron chi connectivity index (χ3n) is 4.94. The molecule has 0 heterocycles. The van der Waals surface area contributed by atoms with Crippen molar-refractivity contribution >= 4 is 11.8 Å². The number of esters is 1. The lowest BCUT2D eigenvalue weighted by Gasteiger charge is -2.10. The lowest BCUT2D eigenvalue weighted by molar-refractivity contribution is -0.149. The summed E-state index contributed by atoms with van der Waals surface area (Å²) in [6, 6.07) is 0. The second-order valence-corrected chi connectivity index (χ2v) is 7.45. The summed E-state index contributed by atoms with van der Waals surface area (Å²) in [4.78, 5) is 22.9. The molecule has 0 aliphatic rings. The van der Waals surface area contributed by atoms with Gasteiger partial charge >= 0.3 is 5.97 Å². The molecule has 0 N–H and O–H groups in total. The summed E-state index contributed by atoms with van der Waals surface area (Å²) in [5.41, 5.74) is 0. The van der Waals surface area contributed by atoms with Gasteiger partial charge in [0.25, 0.3) is 0 Å². The van der Waals surface area contributed by atoms with Crippen LogP contribution in [0, 0.1) is 0 Å². The van der Waals surface area contributed by atoms with Gasteiger partial charge in [-0.3, -0.25) is 4.79 Å². The van der Waals surface area contributed by atoms with Gasteiger partial charge in [-0.15, -0.1) is 0 Å². The molecule has 0 aromatic heterocycles. The molecule has 0 aromatic rings. The minimum absolute atomic E-state index is 0.00916. The summed E-state index contributed by atoms with van der Waals surface area (Å²) in [5.74, 6) is -0.516. The molecular weight excluding hydrogens is 324 g/mol. The minimum Gasteiger partial charge on any atom is -0.452 e. The summed E-state index contributed by atoms with van der Waals surface area (Å²) in [5, 5.41) is 0. The van der Waals surface area contributed by atoms with E-state index in [1.807, 2.05) is 0 Å². The molecular formula is C23H42O3. The largest absolute Gasteiger partial charge is 0.452 e. The van der Waals surface area contributed by atoms with Crippen LogP contribution in [0.1, 0.15) is 117 Å². The van der Waals surface area contributed by atoms with Crippen LogP contribution in [0.25, 0.3) is 0 Å². The zero-order chi connectivity index (χ0) is 19.5. The van der Waals surface area contributed by atoms with Crippen LogP contribution in [0.2, 0.25) is 0 Å². The first-order chi connectivity index (χ1) is 12.6. The van der Waals surface area contributed by atoms with Crippen molar-refractivity contribution in [2.24, 2.45) is 0 Å². The Hall–Kier alpha value is -1.12. The van der Waals surface area contributed by atoms with E-state index < -0.39 is 12.1 Å². The molecule has 0 spiro atoms. The second-order valence-electron chi connectivity index (χ2n) is 7.45. The monoisotopic (exact) mass is 366 g/mol. The van der Waals surface area contributed by atoms with E-state index in [0.29, 0.717) is 6.42 Å². The van der Waals surface area contributed by atoms with E-state index in [4.69, 9.17) is 4.74 Å². The number of hydrogen-bond acceptors (Lipinski definition) is 3. The summed E-state index contributed by atoms with van der Waals surface area (Å²) < 4.78 is 4.93. The smallest absolute Gasteiger partial charge is 0.330 e. The van der Waals surface area contributed by atoms with Crippen LogP contribution >= 0.6 is 0 Å². The topological polar surface area (TPSA) is 43.4 Å². The molecule has 152 valence electrons. The Morgan fingerprint density at radius 2 is 1.15 bits per heavy atom. The fourth-order valence-corrected chi connectivity index (χ4v) is 3.16. The van der Waals surface area contributed by atoms with Crippen molar-refractivity contribution < 1.29 is 14.3 Å². The lowest BCUT2D eigenvalue weighted by atomic mass is 10.0. The summed E-state index contributed by atoms with van der Waals surface area (Å²) >= 11 is 0. The molecule has 0 rings (SSSR count). The van der Waals surface area contributed by atoms with Gasteiger partial charge in [0.2, 0.25) is 0 Å². The van der Waals surface area contributed by atoms with E-state index >= 15 is 0 Å². The number of ether oxygens (including phenoxy) is 1. The summed E-state index contributed by atoms with van der Waals surface area (Å²) in [6.45, 7) is 7.23. The molecule has 0 radical (unpaired) electrons. The van der Waals surface area contributed by atoms with Gasteiger partial charge in [0, 0.05) is 12.5 Å². The highest BCUT2D eigenvalue weighted by Gasteiger charge is 2.15. The number of rotatable bonds is 19. The number of carbonyl (C=O) groups is 2. The molecule has 0 bridgehead atoms. The van der Waals surface area contributed by atoms with Crippen molar-refractivity contribution in [3.05, 3.63) is 12.7 Å². The third kappa shape index (κ3) is 16.4. The van der Waals surface area contributed by atoms with Crippen molar-refractivity contribution in [3.63, 3.8) is 0 Å². The van der Waals surface area contributed by atoms with Gasteiger partial charge in [0.15, 0.2) is 11.9 Å². The second kappa shape index (κ2) is 18.7. The number of unbranched alkanes of at least 4 members (excludes halogenated alkanes) is 14. The fourth-order valence-electron chi connectivity index (χ4n) is 3.16. The third-order valence-corrected chi connectivity index (χ3v) is 4.94. The van der Waals surface area contributed by atoms with E-state index in [-0.39, 0.29) is 5.78 Å². The lowest BCUT2D eigenvalue weighted by Crippen LogP contribution is -2.23. The maximum Gasteiger partial charge on any atom is 0.330 e. The van der Waals surface area contributed by atoms with Crippen molar-refractivity contribution in [1.29, 1.82) is 0 Å². The molecule has 3 heteroatoms. The van der Waals surface area contributed by atoms with Gasteiger partial charge < -0.3 is 4.74 Å². The van der Waals surface area contributed by atoms with Crippen LogP contribution in [0.15, 0.2) is 12.7 Å². The molecule has 0 aromatic carbocycles. The molecule has 3 nitrogen and oxygen atoms in total. The first-order valence-corrected chi connectivity index (χ1v) is 11.0. The maximum absolute atomic E-state index is 11.8. The molecule has 0 aliphatic heterocycles. The average molecular weight is 367 g/mol. The summed E-state index contributed by atoms with van der Waals surface area (Å²) in [6.07, 6.45) is 20.7. The predicted molar refractivity (Wildman–Crippen MR) is 110 cm³/mol. The number of hydrogen-bond donors (Lipinski definition) is 0. The minimum atomic E-state index is -0.646. The molecule has 0 fully saturated rings. The highest BCUT2D eigenvalue weighted by molar-refractivity contribution is 5.88. The van der Waals surface area contributed by atoms with Gasteiger partial charge in [-0.05, 0) is 13.3 Å².